The smallest absolute Gasteiger partial charge is 0.322 e. The molecule has 0 aliphatic rings. The fraction of sp³-hybridized carbons (Fsp3) is 0.276. The zero-order chi connectivity index (χ0) is 27.4. The second-order valence-electron chi connectivity index (χ2n) is 9.06. The van der Waals surface area contributed by atoms with Gasteiger partial charge in [-0.2, -0.15) is 0 Å². The Morgan fingerprint density at radius 1 is 1.13 bits per heavy atom. The predicted octanol–water partition coefficient (Wildman–Crippen LogP) is 7.40. The molecule has 198 valence electrons. The number of halogens is 2. The number of methoxy groups -OCH3 is 1. The van der Waals surface area contributed by atoms with E-state index < -0.39 is 6.04 Å². The van der Waals surface area contributed by atoms with E-state index in [-0.39, 0.29) is 16.6 Å². The number of ether oxygens (including phenoxy) is 1. The van der Waals surface area contributed by atoms with Crippen molar-refractivity contribution >= 4 is 45.8 Å². The molecule has 38 heavy (non-hydrogen) atoms. The lowest BCUT2D eigenvalue weighted by molar-refractivity contribution is 0.188. The van der Waals surface area contributed by atoms with Crippen molar-refractivity contribution in [2.45, 2.75) is 39.7 Å². The first-order valence-corrected chi connectivity index (χ1v) is 13.2. The summed E-state index contributed by atoms with van der Waals surface area (Å²) in [5, 5.41) is 3.96. The Morgan fingerprint density at radius 2 is 1.89 bits per heavy atom. The van der Waals surface area contributed by atoms with E-state index in [9.17, 15) is 9.59 Å². The highest BCUT2D eigenvalue weighted by Crippen LogP contribution is 2.32. The number of anilines is 1. The van der Waals surface area contributed by atoms with Crippen molar-refractivity contribution in [1.82, 2.24) is 14.5 Å². The summed E-state index contributed by atoms with van der Waals surface area (Å²) in [7, 11) is 1.56. The molecule has 4 rings (SSSR count). The van der Waals surface area contributed by atoms with E-state index in [4.69, 9.17) is 32.9 Å². The summed E-state index contributed by atoms with van der Waals surface area (Å²) < 4.78 is 7.18. The van der Waals surface area contributed by atoms with Gasteiger partial charge >= 0.3 is 6.03 Å². The lowest BCUT2D eigenvalue weighted by Gasteiger charge is -2.31. The van der Waals surface area contributed by atoms with Crippen LogP contribution in [0.3, 0.4) is 0 Å². The van der Waals surface area contributed by atoms with Crippen molar-refractivity contribution in [3.63, 3.8) is 0 Å². The van der Waals surface area contributed by atoms with Crippen molar-refractivity contribution in [3.8, 4) is 11.4 Å². The lowest BCUT2D eigenvalue weighted by atomic mass is 10.1. The summed E-state index contributed by atoms with van der Waals surface area (Å²) in [6, 6.07) is 16.9. The number of aryl methyl sites for hydroxylation is 1. The van der Waals surface area contributed by atoms with Gasteiger partial charge in [0.15, 0.2) is 0 Å². The number of hydrogen-bond donors (Lipinski definition) is 1. The first kappa shape index (κ1) is 27.5. The van der Waals surface area contributed by atoms with Crippen LogP contribution in [-0.2, 0) is 0 Å². The number of fused-ring (bicyclic) bond motifs is 1. The van der Waals surface area contributed by atoms with Gasteiger partial charge in [-0.3, -0.25) is 9.36 Å². The van der Waals surface area contributed by atoms with Gasteiger partial charge in [0.05, 0.1) is 45.5 Å². The normalized spacial score (nSPS) is 11.8. The van der Waals surface area contributed by atoms with Crippen LogP contribution >= 0.6 is 23.2 Å². The van der Waals surface area contributed by atoms with Gasteiger partial charge in [-0.05, 0) is 62.2 Å². The molecule has 0 saturated carbocycles. The number of para-hydroxylation sites is 1. The molecular weight excluding hydrogens is 523 g/mol. The summed E-state index contributed by atoms with van der Waals surface area (Å²) in [6.07, 6.45) is 1.63. The van der Waals surface area contributed by atoms with E-state index in [0.717, 1.165) is 18.4 Å². The first-order valence-electron chi connectivity index (χ1n) is 12.4. The second kappa shape index (κ2) is 11.9. The molecule has 3 aromatic carbocycles. The van der Waals surface area contributed by atoms with Crippen molar-refractivity contribution in [1.29, 1.82) is 0 Å². The van der Waals surface area contributed by atoms with Crippen molar-refractivity contribution in [2.24, 2.45) is 0 Å². The lowest BCUT2D eigenvalue weighted by Crippen LogP contribution is -2.40. The Labute approximate surface area is 232 Å². The number of carbonyl (C=O) groups is 1. The van der Waals surface area contributed by atoms with Crippen molar-refractivity contribution in [3.05, 3.63) is 92.5 Å². The van der Waals surface area contributed by atoms with E-state index in [1.807, 2.05) is 44.2 Å². The largest absolute Gasteiger partial charge is 0.495 e. The monoisotopic (exact) mass is 552 g/mol. The quantitative estimate of drug-likeness (QED) is 0.247. The standard InChI is InChI=1S/C29H30Cl2N4O3/c1-5-6-16-34(29(37)33-23-13-9-11-21(30)26(23)31)19(3)27-32-22-12-8-7-10-20(22)28(36)35(27)24-17-18(2)14-15-25(24)38-4/h7-15,17,19H,5-6,16H2,1-4H3,(H,33,37). The van der Waals surface area contributed by atoms with Crippen LogP contribution in [0.25, 0.3) is 16.6 Å². The molecule has 0 radical (unpaired) electrons. The summed E-state index contributed by atoms with van der Waals surface area (Å²) in [4.78, 5) is 34.1. The number of nitrogens with zero attached hydrogens (tertiary/aromatic N) is 3. The van der Waals surface area contributed by atoms with Crippen LogP contribution in [-0.4, -0.2) is 34.1 Å². The molecular formula is C29H30Cl2N4O3. The molecule has 0 fully saturated rings. The highest BCUT2D eigenvalue weighted by molar-refractivity contribution is 6.43. The maximum atomic E-state index is 13.9. The number of nitrogens with one attached hydrogen (secondary N) is 1. The average molecular weight is 553 g/mol. The summed E-state index contributed by atoms with van der Waals surface area (Å²) in [5.41, 5.74) is 2.23. The fourth-order valence-corrected chi connectivity index (χ4v) is 4.71. The Kier molecular flexibility index (Phi) is 8.59. The van der Waals surface area contributed by atoms with E-state index in [1.54, 1.807) is 46.9 Å². The number of amides is 2. The molecule has 7 nitrogen and oxygen atoms in total. The van der Waals surface area contributed by atoms with E-state index in [1.165, 1.54) is 0 Å². The molecule has 1 unspecified atom stereocenters. The molecule has 2 amide bonds. The van der Waals surface area contributed by atoms with Crippen LogP contribution < -0.4 is 15.6 Å². The van der Waals surface area contributed by atoms with Crippen LogP contribution in [0.4, 0.5) is 10.5 Å². The average Bonchev–Trinajstić information content (AvgIpc) is 2.91. The third-order valence-electron chi connectivity index (χ3n) is 6.42. The highest BCUT2D eigenvalue weighted by atomic mass is 35.5. The molecule has 0 saturated heterocycles. The van der Waals surface area contributed by atoms with Crippen molar-refractivity contribution < 1.29 is 9.53 Å². The van der Waals surface area contributed by atoms with Gasteiger partial charge in [0.2, 0.25) is 0 Å². The number of rotatable bonds is 8. The Bertz CT molecular complexity index is 1540. The first-order chi connectivity index (χ1) is 18.3. The zero-order valence-corrected chi connectivity index (χ0v) is 23.3. The van der Waals surface area contributed by atoms with Crippen LogP contribution in [0.1, 0.15) is 44.1 Å². The molecule has 4 aromatic rings. The van der Waals surface area contributed by atoms with Gasteiger partial charge in [0.1, 0.15) is 11.6 Å². The summed E-state index contributed by atoms with van der Waals surface area (Å²) in [5.74, 6) is 0.944. The molecule has 1 aromatic heterocycles. The predicted molar refractivity (Wildman–Crippen MR) is 154 cm³/mol. The molecule has 1 N–H and O–H groups in total. The minimum atomic E-state index is -0.581. The minimum absolute atomic E-state index is 0.241. The Morgan fingerprint density at radius 3 is 2.63 bits per heavy atom. The minimum Gasteiger partial charge on any atom is -0.495 e. The maximum absolute atomic E-state index is 13.9. The maximum Gasteiger partial charge on any atom is 0.322 e. The third kappa shape index (κ3) is 5.49. The van der Waals surface area contributed by atoms with Gasteiger partial charge in [-0.15, -0.1) is 0 Å². The summed E-state index contributed by atoms with van der Waals surface area (Å²) >= 11 is 12.5. The zero-order valence-electron chi connectivity index (χ0n) is 21.8. The number of urea groups is 1. The molecule has 9 heteroatoms. The van der Waals surface area contributed by atoms with Crippen LogP contribution in [0.5, 0.6) is 5.75 Å². The van der Waals surface area contributed by atoms with Gasteiger partial charge < -0.3 is 15.0 Å². The van der Waals surface area contributed by atoms with Gasteiger partial charge in [-0.25, -0.2) is 9.78 Å². The SMILES string of the molecule is CCCCN(C(=O)Nc1cccc(Cl)c1Cl)C(C)c1nc2ccccc2c(=O)n1-c1cc(C)ccc1OC. The molecule has 0 aliphatic carbocycles. The number of carbonyl (C=O) groups excluding carboxylic acids is 1. The van der Waals surface area contributed by atoms with Gasteiger partial charge in [0.25, 0.3) is 5.56 Å². The number of aromatic nitrogens is 2. The van der Waals surface area contributed by atoms with Gasteiger partial charge in [-0.1, -0.05) is 60.8 Å². The fourth-order valence-electron chi connectivity index (χ4n) is 4.36. The Balaban J connectivity index is 1.89. The number of hydrogen-bond acceptors (Lipinski definition) is 4. The van der Waals surface area contributed by atoms with Crippen LogP contribution in [0, 0.1) is 6.92 Å². The van der Waals surface area contributed by atoms with Gasteiger partial charge in [0, 0.05) is 6.54 Å². The third-order valence-corrected chi connectivity index (χ3v) is 7.24. The highest BCUT2D eigenvalue weighted by Gasteiger charge is 2.28. The van der Waals surface area contributed by atoms with Crippen molar-refractivity contribution in [2.75, 3.05) is 19.0 Å². The molecule has 0 bridgehead atoms. The van der Waals surface area contributed by atoms with E-state index >= 15 is 0 Å². The topological polar surface area (TPSA) is 76.5 Å². The van der Waals surface area contributed by atoms with Crippen LogP contribution in [0.2, 0.25) is 10.0 Å². The van der Waals surface area contributed by atoms with E-state index in [2.05, 4.69) is 12.2 Å². The second-order valence-corrected chi connectivity index (χ2v) is 9.84. The molecule has 1 atom stereocenters. The number of benzene rings is 3. The number of unbranched alkanes of at least 4 members (excludes halogenated alkanes) is 1. The molecule has 1 heterocycles. The van der Waals surface area contributed by atoms with E-state index in [0.29, 0.717) is 45.4 Å². The molecule has 0 spiro atoms. The molecule has 0 aliphatic heterocycles. The van der Waals surface area contributed by atoms with Crippen LogP contribution in [0.15, 0.2) is 65.5 Å². The summed E-state index contributed by atoms with van der Waals surface area (Å²) in [6.45, 7) is 6.30. The Hall–Kier alpha value is -3.55.